The number of carboxylic acid groups (broad SMARTS) is 1. The second-order valence-corrected chi connectivity index (χ2v) is 3.18. The number of amides is 1. The van der Waals surface area contributed by atoms with Crippen molar-refractivity contribution in [3.63, 3.8) is 0 Å². The molecule has 1 N–H and O–H groups in total. The van der Waals surface area contributed by atoms with Gasteiger partial charge in [-0.15, -0.1) is 0 Å². The maximum atomic E-state index is 10.9. The van der Waals surface area contributed by atoms with E-state index in [0.29, 0.717) is 5.69 Å². The molecule has 78 valence electrons. The number of rotatable bonds is 3. The average Bonchev–Trinajstić information content (AvgIpc) is 2.18. The standard InChI is InChI=1S/C11H12N2O2/c1-9-4-2-5-10(8-9)13(11(14)15)7-3-6-12/h2,4-5,8H,3,7H2,1H3,(H,14,15). The molecule has 0 aliphatic carbocycles. The summed E-state index contributed by atoms with van der Waals surface area (Å²) in [6.45, 7) is 2.10. The molecule has 1 rings (SSSR count). The van der Waals surface area contributed by atoms with Gasteiger partial charge >= 0.3 is 6.09 Å². The third kappa shape index (κ3) is 2.99. The van der Waals surface area contributed by atoms with Gasteiger partial charge in [0.25, 0.3) is 0 Å². The summed E-state index contributed by atoms with van der Waals surface area (Å²) in [5, 5.41) is 17.4. The van der Waals surface area contributed by atoms with Gasteiger partial charge in [0, 0.05) is 12.2 Å². The Morgan fingerprint density at radius 2 is 2.33 bits per heavy atom. The minimum atomic E-state index is -1.03. The Morgan fingerprint density at radius 1 is 1.60 bits per heavy atom. The summed E-state index contributed by atoms with van der Waals surface area (Å²) in [5.41, 5.74) is 1.61. The van der Waals surface area contributed by atoms with Crippen molar-refractivity contribution in [1.82, 2.24) is 0 Å². The van der Waals surface area contributed by atoms with Crippen molar-refractivity contribution in [3.8, 4) is 6.07 Å². The SMILES string of the molecule is Cc1cccc(N(CCC#N)C(=O)O)c1. The van der Waals surface area contributed by atoms with Gasteiger partial charge in [0.05, 0.1) is 12.5 Å². The average molecular weight is 204 g/mol. The highest BCUT2D eigenvalue weighted by atomic mass is 16.4. The van der Waals surface area contributed by atoms with E-state index in [2.05, 4.69) is 0 Å². The van der Waals surface area contributed by atoms with Gasteiger partial charge in [-0.3, -0.25) is 4.90 Å². The Bertz CT molecular complexity index is 396. The quantitative estimate of drug-likeness (QED) is 0.822. The molecule has 4 nitrogen and oxygen atoms in total. The maximum absolute atomic E-state index is 10.9. The van der Waals surface area contributed by atoms with Crippen LogP contribution in [0.25, 0.3) is 0 Å². The van der Waals surface area contributed by atoms with E-state index >= 15 is 0 Å². The number of nitrogens with zero attached hydrogens (tertiary/aromatic N) is 2. The van der Waals surface area contributed by atoms with Crippen LogP contribution in [-0.4, -0.2) is 17.7 Å². The highest BCUT2D eigenvalue weighted by Gasteiger charge is 2.13. The molecule has 0 aliphatic rings. The van der Waals surface area contributed by atoms with Crippen LogP contribution in [0.4, 0.5) is 10.5 Å². The van der Waals surface area contributed by atoms with Gasteiger partial charge in [0.15, 0.2) is 0 Å². The maximum Gasteiger partial charge on any atom is 0.411 e. The van der Waals surface area contributed by atoms with Gasteiger partial charge in [-0.05, 0) is 24.6 Å². The van der Waals surface area contributed by atoms with Crippen molar-refractivity contribution >= 4 is 11.8 Å². The minimum absolute atomic E-state index is 0.195. The Labute approximate surface area is 88.4 Å². The zero-order valence-electron chi connectivity index (χ0n) is 8.47. The van der Waals surface area contributed by atoms with Crippen LogP contribution in [-0.2, 0) is 0 Å². The third-order valence-corrected chi connectivity index (χ3v) is 1.99. The van der Waals surface area contributed by atoms with Crippen molar-refractivity contribution in [2.75, 3.05) is 11.4 Å². The topological polar surface area (TPSA) is 64.3 Å². The van der Waals surface area contributed by atoms with Crippen LogP contribution < -0.4 is 4.90 Å². The van der Waals surface area contributed by atoms with Crippen molar-refractivity contribution in [1.29, 1.82) is 5.26 Å². The number of nitriles is 1. The number of hydrogen-bond donors (Lipinski definition) is 1. The first kappa shape index (κ1) is 11.1. The Hall–Kier alpha value is -2.02. The molecule has 0 radical (unpaired) electrons. The largest absolute Gasteiger partial charge is 0.465 e. The van der Waals surface area contributed by atoms with Gasteiger partial charge < -0.3 is 5.11 Å². The molecule has 0 bridgehead atoms. The fourth-order valence-corrected chi connectivity index (χ4v) is 1.29. The molecular weight excluding hydrogens is 192 g/mol. The normalized spacial score (nSPS) is 9.33. The molecule has 0 heterocycles. The van der Waals surface area contributed by atoms with Gasteiger partial charge in [0.1, 0.15) is 0 Å². The second kappa shape index (κ2) is 5.01. The van der Waals surface area contributed by atoms with E-state index in [4.69, 9.17) is 10.4 Å². The zero-order valence-corrected chi connectivity index (χ0v) is 8.47. The minimum Gasteiger partial charge on any atom is -0.465 e. The summed E-state index contributed by atoms with van der Waals surface area (Å²) < 4.78 is 0. The highest BCUT2D eigenvalue weighted by Crippen LogP contribution is 2.16. The predicted molar refractivity (Wildman–Crippen MR) is 56.8 cm³/mol. The number of benzene rings is 1. The Kier molecular flexibility index (Phi) is 3.69. The summed E-state index contributed by atoms with van der Waals surface area (Å²) in [6, 6.07) is 9.13. The van der Waals surface area contributed by atoms with Crippen LogP contribution in [0.15, 0.2) is 24.3 Å². The molecule has 15 heavy (non-hydrogen) atoms. The molecule has 4 heteroatoms. The lowest BCUT2D eigenvalue weighted by molar-refractivity contribution is 0.202. The molecular formula is C11H12N2O2. The smallest absolute Gasteiger partial charge is 0.411 e. The van der Waals surface area contributed by atoms with Gasteiger partial charge in [-0.1, -0.05) is 12.1 Å². The number of carbonyl (C=O) groups is 1. The summed E-state index contributed by atoms with van der Waals surface area (Å²) in [6.07, 6.45) is -0.837. The predicted octanol–water partition coefficient (Wildman–Crippen LogP) is 2.39. The molecule has 0 fully saturated rings. The van der Waals surface area contributed by atoms with E-state index in [0.717, 1.165) is 5.56 Å². The van der Waals surface area contributed by atoms with Crippen LogP contribution in [0, 0.1) is 18.3 Å². The Balaban J connectivity index is 2.89. The third-order valence-electron chi connectivity index (χ3n) is 1.99. The number of anilines is 1. The molecule has 0 aromatic heterocycles. The van der Waals surface area contributed by atoms with Gasteiger partial charge in [0.2, 0.25) is 0 Å². The van der Waals surface area contributed by atoms with Crippen molar-refractivity contribution < 1.29 is 9.90 Å². The van der Waals surface area contributed by atoms with Crippen LogP contribution in [0.2, 0.25) is 0 Å². The summed E-state index contributed by atoms with van der Waals surface area (Å²) >= 11 is 0. The van der Waals surface area contributed by atoms with Crippen LogP contribution in [0.5, 0.6) is 0 Å². The molecule has 0 unspecified atom stereocenters. The van der Waals surface area contributed by atoms with Crippen LogP contribution in [0.3, 0.4) is 0 Å². The molecule has 0 saturated heterocycles. The van der Waals surface area contributed by atoms with Crippen LogP contribution in [0.1, 0.15) is 12.0 Å². The van der Waals surface area contributed by atoms with E-state index < -0.39 is 6.09 Å². The molecule has 0 spiro atoms. The lowest BCUT2D eigenvalue weighted by Crippen LogP contribution is -2.30. The highest BCUT2D eigenvalue weighted by molar-refractivity contribution is 5.86. The van der Waals surface area contributed by atoms with Crippen molar-refractivity contribution in [2.45, 2.75) is 13.3 Å². The number of hydrogen-bond acceptors (Lipinski definition) is 2. The second-order valence-electron chi connectivity index (χ2n) is 3.18. The molecule has 1 amide bonds. The first-order valence-corrected chi connectivity index (χ1v) is 4.59. The van der Waals surface area contributed by atoms with Gasteiger partial charge in [-0.2, -0.15) is 5.26 Å². The van der Waals surface area contributed by atoms with Gasteiger partial charge in [-0.25, -0.2) is 4.79 Å². The first-order valence-electron chi connectivity index (χ1n) is 4.59. The lowest BCUT2D eigenvalue weighted by atomic mass is 10.2. The fourth-order valence-electron chi connectivity index (χ4n) is 1.29. The Morgan fingerprint density at radius 3 is 2.87 bits per heavy atom. The van der Waals surface area contributed by atoms with E-state index in [1.54, 1.807) is 18.2 Å². The van der Waals surface area contributed by atoms with Crippen LogP contribution >= 0.6 is 0 Å². The number of aryl methyl sites for hydroxylation is 1. The summed E-state index contributed by atoms with van der Waals surface area (Å²) in [5.74, 6) is 0. The van der Waals surface area contributed by atoms with Crippen molar-refractivity contribution in [3.05, 3.63) is 29.8 Å². The van der Waals surface area contributed by atoms with E-state index in [1.165, 1.54) is 4.90 Å². The molecule has 1 aromatic carbocycles. The molecule has 1 aromatic rings. The lowest BCUT2D eigenvalue weighted by Gasteiger charge is -2.18. The van der Waals surface area contributed by atoms with Crippen molar-refractivity contribution in [2.24, 2.45) is 0 Å². The van der Waals surface area contributed by atoms with E-state index in [9.17, 15) is 4.79 Å². The fraction of sp³-hybridized carbons (Fsp3) is 0.273. The molecule has 0 aliphatic heterocycles. The molecule has 0 atom stereocenters. The molecule has 0 saturated carbocycles. The summed E-state index contributed by atoms with van der Waals surface area (Å²) in [4.78, 5) is 12.1. The van der Waals surface area contributed by atoms with E-state index in [1.807, 2.05) is 19.1 Å². The zero-order chi connectivity index (χ0) is 11.3. The van der Waals surface area contributed by atoms with E-state index in [-0.39, 0.29) is 13.0 Å². The first-order chi connectivity index (χ1) is 7.15. The monoisotopic (exact) mass is 204 g/mol. The summed E-state index contributed by atoms with van der Waals surface area (Å²) in [7, 11) is 0.